The molecule has 156 valence electrons. The zero-order valence-corrected chi connectivity index (χ0v) is 17.1. The van der Waals surface area contributed by atoms with Crippen molar-refractivity contribution in [3.05, 3.63) is 65.7 Å². The Hall–Kier alpha value is -3.71. The van der Waals surface area contributed by atoms with Crippen molar-refractivity contribution in [1.82, 2.24) is 14.9 Å². The molecule has 2 aromatic heterocycles. The second kappa shape index (κ2) is 7.85. The SMILES string of the molecule is COC(=O)c1cc(-c2ccccc2)nc2c1[nH]c1cc(C(=O)N3CCOCC3)ccc12. The molecular weight excluding hydrogens is 394 g/mol. The second-order valence-electron chi connectivity index (χ2n) is 7.43. The topological polar surface area (TPSA) is 84.5 Å². The van der Waals surface area contributed by atoms with Gasteiger partial charge in [0.2, 0.25) is 0 Å². The van der Waals surface area contributed by atoms with Gasteiger partial charge in [0.15, 0.2) is 0 Å². The Morgan fingerprint density at radius 2 is 1.84 bits per heavy atom. The van der Waals surface area contributed by atoms with Crippen LogP contribution in [0.15, 0.2) is 54.6 Å². The highest BCUT2D eigenvalue weighted by molar-refractivity contribution is 6.14. The minimum Gasteiger partial charge on any atom is -0.465 e. The van der Waals surface area contributed by atoms with E-state index < -0.39 is 5.97 Å². The molecule has 0 atom stereocenters. The number of H-pyrrole nitrogens is 1. The Balaban J connectivity index is 1.66. The third-order valence-corrected chi connectivity index (χ3v) is 5.57. The van der Waals surface area contributed by atoms with E-state index in [0.29, 0.717) is 54.2 Å². The Morgan fingerprint density at radius 3 is 2.58 bits per heavy atom. The van der Waals surface area contributed by atoms with Gasteiger partial charge in [-0.25, -0.2) is 9.78 Å². The molecule has 2 aromatic carbocycles. The van der Waals surface area contributed by atoms with Gasteiger partial charge in [0.1, 0.15) is 0 Å². The van der Waals surface area contributed by atoms with Gasteiger partial charge in [0, 0.05) is 35.1 Å². The number of esters is 1. The molecule has 5 rings (SSSR count). The maximum absolute atomic E-state index is 12.9. The maximum Gasteiger partial charge on any atom is 0.340 e. The number of aromatic nitrogens is 2. The number of aromatic amines is 1. The number of nitrogens with one attached hydrogen (secondary N) is 1. The number of benzene rings is 2. The summed E-state index contributed by atoms with van der Waals surface area (Å²) in [5, 5.41) is 0.844. The molecule has 7 nitrogen and oxygen atoms in total. The quantitative estimate of drug-likeness (QED) is 0.517. The van der Waals surface area contributed by atoms with E-state index in [4.69, 9.17) is 14.5 Å². The van der Waals surface area contributed by atoms with Crippen LogP contribution in [0.3, 0.4) is 0 Å². The Morgan fingerprint density at radius 1 is 1.06 bits per heavy atom. The van der Waals surface area contributed by atoms with Gasteiger partial charge in [-0.05, 0) is 24.3 Å². The summed E-state index contributed by atoms with van der Waals surface area (Å²) in [5.41, 5.74) is 4.59. The molecule has 4 aromatic rings. The standard InChI is InChI=1S/C24H21N3O4/c1-30-24(29)18-14-19(15-5-3-2-4-6-15)25-21-17-8-7-16(13-20(17)26-22(18)21)23(28)27-9-11-31-12-10-27/h2-8,13-14,26H,9-12H2,1H3. The average molecular weight is 415 g/mol. The van der Waals surface area contributed by atoms with E-state index in [-0.39, 0.29) is 5.91 Å². The van der Waals surface area contributed by atoms with Crippen LogP contribution in [0.1, 0.15) is 20.7 Å². The molecule has 31 heavy (non-hydrogen) atoms. The van der Waals surface area contributed by atoms with E-state index in [1.807, 2.05) is 48.5 Å². The summed E-state index contributed by atoms with van der Waals surface area (Å²) in [4.78, 5) is 35.3. The van der Waals surface area contributed by atoms with Crippen molar-refractivity contribution in [2.45, 2.75) is 0 Å². The average Bonchev–Trinajstić information content (AvgIpc) is 3.21. The van der Waals surface area contributed by atoms with Crippen molar-refractivity contribution >= 4 is 33.8 Å². The van der Waals surface area contributed by atoms with Crippen LogP contribution in [-0.4, -0.2) is 60.2 Å². The molecular formula is C24H21N3O4. The largest absolute Gasteiger partial charge is 0.465 e. The molecule has 1 aliphatic heterocycles. The molecule has 1 N–H and O–H groups in total. The fourth-order valence-corrected chi connectivity index (χ4v) is 3.97. The number of methoxy groups -OCH3 is 1. The number of hydrogen-bond donors (Lipinski definition) is 1. The molecule has 1 amide bonds. The van der Waals surface area contributed by atoms with Gasteiger partial charge in [-0.15, -0.1) is 0 Å². The molecule has 0 unspecified atom stereocenters. The fourth-order valence-electron chi connectivity index (χ4n) is 3.97. The zero-order chi connectivity index (χ0) is 21.4. The van der Waals surface area contributed by atoms with E-state index in [9.17, 15) is 9.59 Å². The van der Waals surface area contributed by atoms with Gasteiger partial charge < -0.3 is 19.4 Å². The van der Waals surface area contributed by atoms with Crippen LogP contribution in [0.5, 0.6) is 0 Å². The Labute approximate surface area is 178 Å². The zero-order valence-electron chi connectivity index (χ0n) is 17.1. The van der Waals surface area contributed by atoms with Gasteiger partial charge in [-0.2, -0.15) is 0 Å². The molecule has 0 saturated carbocycles. The first kappa shape index (κ1) is 19.3. The normalized spacial score (nSPS) is 14.2. The van der Waals surface area contributed by atoms with E-state index in [1.165, 1.54) is 7.11 Å². The van der Waals surface area contributed by atoms with E-state index in [1.54, 1.807) is 11.0 Å². The van der Waals surface area contributed by atoms with Crippen LogP contribution in [0.25, 0.3) is 33.2 Å². The van der Waals surface area contributed by atoms with Crippen LogP contribution in [0.4, 0.5) is 0 Å². The lowest BCUT2D eigenvalue weighted by atomic mass is 10.1. The summed E-state index contributed by atoms with van der Waals surface area (Å²) in [5.74, 6) is -0.476. The molecule has 0 spiro atoms. The third-order valence-electron chi connectivity index (χ3n) is 5.57. The van der Waals surface area contributed by atoms with Crippen LogP contribution < -0.4 is 0 Å². The molecule has 1 aliphatic rings. The molecule has 0 bridgehead atoms. The minimum atomic E-state index is -0.444. The van der Waals surface area contributed by atoms with Crippen molar-refractivity contribution < 1.29 is 19.1 Å². The smallest absolute Gasteiger partial charge is 0.340 e. The van der Waals surface area contributed by atoms with Crippen molar-refractivity contribution in [1.29, 1.82) is 0 Å². The predicted octanol–water partition coefficient (Wildman–Crippen LogP) is 3.64. The maximum atomic E-state index is 12.9. The number of fused-ring (bicyclic) bond motifs is 3. The van der Waals surface area contributed by atoms with Gasteiger partial charge in [-0.1, -0.05) is 30.3 Å². The van der Waals surface area contributed by atoms with Crippen LogP contribution in [0.2, 0.25) is 0 Å². The molecule has 7 heteroatoms. The Kier molecular flexibility index (Phi) is 4.88. The number of rotatable bonds is 3. The highest BCUT2D eigenvalue weighted by atomic mass is 16.5. The summed E-state index contributed by atoms with van der Waals surface area (Å²) >= 11 is 0. The summed E-state index contributed by atoms with van der Waals surface area (Å²) in [6, 6.07) is 16.9. The lowest BCUT2D eigenvalue weighted by Gasteiger charge is -2.26. The summed E-state index contributed by atoms with van der Waals surface area (Å²) in [6.07, 6.45) is 0. The lowest BCUT2D eigenvalue weighted by Crippen LogP contribution is -2.40. The summed E-state index contributed by atoms with van der Waals surface area (Å²) in [7, 11) is 1.36. The van der Waals surface area contributed by atoms with Crippen molar-refractivity contribution in [2.24, 2.45) is 0 Å². The number of carbonyl (C=O) groups is 2. The third kappa shape index (κ3) is 3.43. The number of pyridine rings is 1. The predicted molar refractivity (Wildman–Crippen MR) is 117 cm³/mol. The van der Waals surface area contributed by atoms with Gasteiger partial charge in [0.25, 0.3) is 5.91 Å². The second-order valence-corrected chi connectivity index (χ2v) is 7.43. The first-order chi connectivity index (χ1) is 15.2. The fraction of sp³-hybridized carbons (Fsp3) is 0.208. The first-order valence-electron chi connectivity index (χ1n) is 10.1. The lowest BCUT2D eigenvalue weighted by molar-refractivity contribution is 0.0303. The number of morpholine rings is 1. The van der Waals surface area contributed by atoms with Gasteiger partial charge >= 0.3 is 5.97 Å². The van der Waals surface area contributed by atoms with Gasteiger partial charge in [0.05, 0.1) is 42.6 Å². The van der Waals surface area contributed by atoms with Crippen LogP contribution >= 0.6 is 0 Å². The molecule has 0 radical (unpaired) electrons. The summed E-state index contributed by atoms with van der Waals surface area (Å²) in [6.45, 7) is 2.26. The minimum absolute atomic E-state index is 0.0324. The summed E-state index contributed by atoms with van der Waals surface area (Å²) < 4.78 is 10.4. The van der Waals surface area contributed by atoms with Crippen molar-refractivity contribution in [2.75, 3.05) is 33.4 Å². The molecule has 0 aliphatic carbocycles. The van der Waals surface area contributed by atoms with Gasteiger partial charge in [-0.3, -0.25) is 4.79 Å². The number of amides is 1. The number of hydrogen-bond acceptors (Lipinski definition) is 5. The van der Waals surface area contributed by atoms with E-state index in [2.05, 4.69) is 4.98 Å². The van der Waals surface area contributed by atoms with E-state index in [0.717, 1.165) is 16.5 Å². The highest BCUT2D eigenvalue weighted by Gasteiger charge is 2.21. The number of carbonyl (C=O) groups excluding carboxylic acids is 2. The number of ether oxygens (including phenoxy) is 2. The molecule has 1 saturated heterocycles. The van der Waals surface area contributed by atoms with Crippen molar-refractivity contribution in [3.8, 4) is 11.3 Å². The van der Waals surface area contributed by atoms with Crippen LogP contribution in [-0.2, 0) is 9.47 Å². The Bertz CT molecular complexity index is 1290. The van der Waals surface area contributed by atoms with Crippen molar-refractivity contribution in [3.63, 3.8) is 0 Å². The molecule has 3 heterocycles. The van der Waals surface area contributed by atoms with Crippen LogP contribution in [0, 0.1) is 0 Å². The van der Waals surface area contributed by atoms with E-state index >= 15 is 0 Å². The molecule has 1 fully saturated rings. The first-order valence-corrected chi connectivity index (χ1v) is 10.1. The highest BCUT2D eigenvalue weighted by Crippen LogP contribution is 2.31. The number of nitrogens with zero attached hydrogens (tertiary/aromatic N) is 2. The monoisotopic (exact) mass is 415 g/mol.